The van der Waals surface area contributed by atoms with E-state index in [1.54, 1.807) is 0 Å². The molecule has 0 amide bonds. The van der Waals surface area contributed by atoms with Crippen molar-refractivity contribution in [3.8, 4) is 0 Å². The lowest BCUT2D eigenvalue weighted by molar-refractivity contribution is -0.929. The number of hydrogen-bond donors (Lipinski definition) is 0. The maximum absolute atomic E-state index is 12.4. The number of nitrogens with zero attached hydrogens (tertiary/aromatic N) is 1. The predicted molar refractivity (Wildman–Crippen MR) is 79.7 cm³/mol. The van der Waals surface area contributed by atoms with Crippen LogP contribution in [0.1, 0.15) is 72.1 Å². The molecule has 0 aromatic heterocycles. The summed E-state index contributed by atoms with van der Waals surface area (Å²) in [4.78, 5) is 0. The number of hydrogen-bond acceptors (Lipinski definition) is 0. The van der Waals surface area contributed by atoms with Gasteiger partial charge in [0.25, 0.3) is 0 Å². The van der Waals surface area contributed by atoms with Crippen LogP contribution in [-0.4, -0.2) is 36.8 Å². The van der Waals surface area contributed by atoms with Crippen molar-refractivity contribution in [2.24, 2.45) is 0 Å². The Kier molecular flexibility index (Phi) is 13.4. The fraction of sp³-hybridized carbons (Fsp3) is 1.00. The predicted octanol–water partition coefficient (Wildman–Crippen LogP) is 2.55. The second-order valence-electron chi connectivity index (χ2n) is 6.02. The molecule has 0 aromatic rings. The lowest BCUT2D eigenvalue weighted by Gasteiger charge is -2.39. The zero-order chi connectivity index (χ0) is 15.5. The molecule has 0 N–H and O–H groups in total. The third-order valence-electron chi connectivity index (χ3n) is 4.05. The standard InChI is InChI=1S/C16H33F3N.FH/c1-4-7-12-20(13-8-5-2,14-9-6-3)15-10-11-16(17,18)19;/h4-15H2,1-3H3;1H/q+1;/p-1. The first-order valence-electron chi connectivity index (χ1n) is 8.31. The van der Waals surface area contributed by atoms with Crippen molar-refractivity contribution in [2.75, 3.05) is 26.2 Å². The summed E-state index contributed by atoms with van der Waals surface area (Å²) in [7, 11) is 0. The molecule has 0 saturated heterocycles. The second-order valence-corrected chi connectivity index (χ2v) is 6.02. The van der Waals surface area contributed by atoms with E-state index >= 15 is 0 Å². The highest BCUT2D eigenvalue weighted by atomic mass is 19.4. The monoisotopic (exact) mass is 315 g/mol. The molecule has 0 aliphatic rings. The first-order chi connectivity index (χ1) is 9.39. The van der Waals surface area contributed by atoms with Crippen LogP contribution < -0.4 is 4.70 Å². The SMILES string of the molecule is CCCC[N+](CCCC)(CCCC)CCCC(F)(F)F.[F-]. The molecule has 130 valence electrons. The molecule has 0 saturated carbocycles. The van der Waals surface area contributed by atoms with Gasteiger partial charge in [0.2, 0.25) is 0 Å². The van der Waals surface area contributed by atoms with Crippen molar-refractivity contribution in [1.82, 2.24) is 0 Å². The fourth-order valence-corrected chi connectivity index (χ4v) is 2.77. The first kappa shape index (κ1) is 23.0. The summed E-state index contributed by atoms with van der Waals surface area (Å²) in [6.07, 6.45) is 2.39. The Bertz CT molecular complexity index is 207. The molecule has 0 spiro atoms. The van der Waals surface area contributed by atoms with Gasteiger partial charge in [0.1, 0.15) is 0 Å². The Morgan fingerprint density at radius 1 is 0.667 bits per heavy atom. The fourth-order valence-electron chi connectivity index (χ4n) is 2.77. The Labute approximate surface area is 127 Å². The van der Waals surface area contributed by atoms with Gasteiger partial charge in [-0.2, -0.15) is 13.2 Å². The lowest BCUT2D eigenvalue weighted by Crippen LogP contribution is -3.00. The van der Waals surface area contributed by atoms with Crippen LogP contribution in [0.2, 0.25) is 0 Å². The van der Waals surface area contributed by atoms with Gasteiger partial charge >= 0.3 is 6.18 Å². The van der Waals surface area contributed by atoms with Gasteiger partial charge in [-0.3, -0.25) is 0 Å². The number of alkyl halides is 3. The zero-order valence-electron chi connectivity index (χ0n) is 13.9. The highest BCUT2D eigenvalue weighted by molar-refractivity contribution is 4.54. The Morgan fingerprint density at radius 2 is 1.00 bits per heavy atom. The van der Waals surface area contributed by atoms with E-state index in [-0.39, 0.29) is 11.1 Å². The van der Waals surface area contributed by atoms with Crippen LogP contribution in [0, 0.1) is 0 Å². The van der Waals surface area contributed by atoms with Crippen molar-refractivity contribution in [2.45, 2.75) is 78.3 Å². The molecule has 0 rings (SSSR count). The molecule has 0 aliphatic heterocycles. The quantitative estimate of drug-likeness (QED) is 0.383. The van der Waals surface area contributed by atoms with Crippen molar-refractivity contribution in [3.63, 3.8) is 0 Å². The zero-order valence-corrected chi connectivity index (χ0v) is 13.9. The van der Waals surface area contributed by atoms with Gasteiger partial charge in [0, 0.05) is 12.8 Å². The Morgan fingerprint density at radius 3 is 1.29 bits per heavy atom. The van der Waals surface area contributed by atoms with Crippen molar-refractivity contribution >= 4 is 0 Å². The Hall–Kier alpha value is -0.320. The smallest absolute Gasteiger partial charge is 0.389 e. The van der Waals surface area contributed by atoms with E-state index in [0.29, 0.717) is 6.54 Å². The molecular weight excluding hydrogens is 282 g/mol. The normalized spacial score (nSPS) is 12.3. The molecule has 0 radical (unpaired) electrons. The van der Waals surface area contributed by atoms with Crippen molar-refractivity contribution in [1.29, 1.82) is 0 Å². The molecule has 21 heavy (non-hydrogen) atoms. The maximum Gasteiger partial charge on any atom is 0.389 e. The number of rotatable bonds is 12. The van der Waals surface area contributed by atoms with Crippen LogP contribution in [0.3, 0.4) is 0 Å². The van der Waals surface area contributed by atoms with E-state index in [1.165, 1.54) is 0 Å². The molecule has 0 aromatic carbocycles. The molecule has 5 heteroatoms. The maximum atomic E-state index is 12.4. The van der Waals surface area contributed by atoms with Gasteiger partial charge in [-0.15, -0.1) is 0 Å². The molecule has 0 heterocycles. The first-order valence-corrected chi connectivity index (χ1v) is 8.31. The van der Waals surface area contributed by atoms with Gasteiger partial charge < -0.3 is 9.19 Å². The minimum Gasteiger partial charge on any atom is -1.00 e. The molecule has 0 aliphatic carbocycles. The summed E-state index contributed by atoms with van der Waals surface area (Å²) < 4.78 is 38.0. The highest BCUT2D eigenvalue weighted by Crippen LogP contribution is 2.24. The van der Waals surface area contributed by atoms with Gasteiger partial charge in [-0.25, -0.2) is 0 Å². The van der Waals surface area contributed by atoms with E-state index in [9.17, 15) is 13.2 Å². The minimum atomic E-state index is -4.00. The molecule has 0 bridgehead atoms. The Balaban J connectivity index is 0. The number of unbranched alkanes of at least 4 members (excludes halogenated alkanes) is 3. The highest BCUT2D eigenvalue weighted by Gasteiger charge is 2.31. The van der Waals surface area contributed by atoms with Crippen LogP contribution >= 0.6 is 0 Å². The number of quaternary nitrogens is 1. The van der Waals surface area contributed by atoms with Crippen molar-refractivity contribution < 1.29 is 22.4 Å². The van der Waals surface area contributed by atoms with Crippen LogP contribution in [0.4, 0.5) is 13.2 Å². The second kappa shape index (κ2) is 12.2. The van der Waals surface area contributed by atoms with Gasteiger partial charge in [0.15, 0.2) is 0 Å². The molecule has 0 atom stereocenters. The summed E-state index contributed by atoms with van der Waals surface area (Å²) in [6, 6.07) is 0. The van der Waals surface area contributed by atoms with Crippen LogP contribution in [0.15, 0.2) is 0 Å². The van der Waals surface area contributed by atoms with Gasteiger partial charge in [0.05, 0.1) is 26.2 Å². The van der Waals surface area contributed by atoms with E-state index in [2.05, 4.69) is 20.8 Å². The van der Waals surface area contributed by atoms with Gasteiger partial charge in [-0.05, 0) is 19.3 Å². The van der Waals surface area contributed by atoms with E-state index in [0.717, 1.165) is 62.6 Å². The average Bonchev–Trinajstić information content (AvgIpc) is 2.38. The summed E-state index contributed by atoms with van der Waals surface area (Å²) in [5, 5.41) is 0. The third-order valence-corrected chi connectivity index (χ3v) is 4.05. The molecule has 1 nitrogen and oxygen atoms in total. The molecular formula is C16H33F4N. The van der Waals surface area contributed by atoms with E-state index in [1.807, 2.05) is 0 Å². The van der Waals surface area contributed by atoms with Crippen LogP contribution in [-0.2, 0) is 0 Å². The summed E-state index contributed by atoms with van der Waals surface area (Å²) in [6.45, 7) is 10.3. The third kappa shape index (κ3) is 12.0. The molecule has 0 unspecified atom stereocenters. The van der Waals surface area contributed by atoms with Crippen LogP contribution in [0.5, 0.6) is 0 Å². The average molecular weight is 315 g/mol. The largest absolute Gasteiger partial charge is 1.00 e. The number of halogens is 4. The topological polar surface area (TPSA) is 0 Å². The van der Waals surface area contributed by atoms with Crippen molar-refractivity contribution in [3.05, 3.63) is 0 Å². The molecule has 0 fully saturated rings. The van der Waals surface area contributed by atoms with E-state index in [4.69, 9.17) is 0 Å². The minimum absolute atomic E-state index is 0. The van der Waals surface area contributed by atoms with Gasteiger partial charge in [-0.1, -0.05) is 40.0 Å². The van der Waals surface area contributed by atoms with E-state index < -0.39 is 12.6 Å². The summed E-state index contributed by atoms with van der Waals surface area (Å²) >= 11 is 0. The summed E-state index contributed by atoms with van der Waals surface area (Å²) in [5.74, 6) is 0. The van der Waals surface area contributed by atoms with Crippen LogP contribution in [0.25, 0.3) is 0 Å². The summed E-state index contributed by atoms with van der Waals surface area (Å²) in [5.41, 5.74) is 0. The lowest BCUT2D eigenvalue weighted by atomic mass is 10.1.